The second kappa shape index (κ2) is 8.84. The minimum absolute atomic E-state index is 0.106. The molecule has 0 aliphatic carbocycles. The fourth-order valence-electron chi connectivity index (χ4n) is 3.74. The molecular weight excluding hydrogens is 460 g/mol. The molecule has 9 heteroatoms. The molecule has 0 saturated heterocycles. The first-order chi connectivity index (χ1) is 15.7. The summed E-state index contributed by atoms with van der Waals surface area (Å²) in [7, 11) is -0.257. The van der Waals surface area contributed by atoms with Crippen molar-refractivity contribution in [2.45, 2.75) is 4.90 Å². The number of nitrogens with zero attached hydrogens (tertiary/aromatic N) is 1. The van der Waals surface area contributed by atoms with Crippen LogP contribution in [0.1, 0.15) is 0 Å². The molecule has 0 radical (unpaired) electrons. The molecule has 0 saturated carbocycles. The number of fused-ring (bicyclic) bond motifs is 2. The van der Waals surface area contributed by atoms with Gasteiger partial charge in [-0.05, 0) is 12.1 Å². The topological polar surface area (TPSA) is 95.9 Å². The van der Waals surface area contributed by atoms with Gasteiger partial charge in [-0.3, -0.25) is 9.52 Å². The average Bonchev–Trinajstić information content (AvgIpc) is 2.80. The van der Waals surface area contributed by atoms with E-state index in [1.54, 1.807) is 36.4 Å². The first kappa shape index (κ1) is 22.8. The zero-order valence-electron chi connectivity index (χ0n) is 17.9. The molecule has 7 nitrogen and oxygen atoms in total. The van der Waals surface area contributed by atoms with Crippen LogP contribution in [0.25, 0.3) is 21.5 Å². The third-order valence-corrected chi connectivity index (χ3v) is 6.89. The third-order valence-electron chi connectivity index (χ3n) is 5.21. The van der Waals surface area contributed by atoms with Gasteiger partial charge in [-0.1, -0.05) is 48.5 Å². The molecule has 0 unspecified atom stereocenters. The Morgan fingerprint density at radius 3 is 2.30 bits per heavy atom. The molecule has 0 spiro atoms. The second-order valence-corrected chi connectivity index (χ2v) is 9.54. The average molecular weight is 483 g/mol. The van der Waals surface area contributed by atoms with Gasteiger partial charge in [-0.15, -0.1) is 0 Å². The summed E-state index contributed by atoms with van der Waals surface area (Å²) in [6.07, 6.45) is 0. The maximum atomic E-state index is 13.5. The molecule has 4 aromatic rings. The van der Waals surface area contributed by atoms with Gasteiger partial charge in [0.2, 0.25) is 0 Å². The SMILES string of the molecule is CN(C)c1cccc2c(S(=O)(=O)Nc3cc(OC(=O)CS)c(O)c4ccccc34)cccc12. The Balaban J connectivity index is 1.87. The number of sulfonamides is 1. The standard InChI is InChI=1S/C24H22N2O5S2/c1-26(2)20-11-5-10-17-16(20)9-6-12-22(17)33(29,30)25-19-13-21(31-23(27)14-32)24(28)18-8-4-3-7-15(18)19/h3-13,25,28,32H,14H2,1-2H3. The molecule has 0 aliphatic heterocycles. The number of ether oxygens (including phenoxy) is 1. The number of carbonyl (C=O) groups excluding carboxylic acids is 1. The number of esters is 1. The number of aromatic hydroxyl groups is 1. The Labute approximate surface area is 197 Å². The summed E-state index contributed by atoms with van der Waals surface area (Å²) in [5.74, 6) is -1.29. The number of nitrogens with one attached hydrogen (secondary N) is 1. The summed E-state index contributed by atoms with van der Waals surface area (Å²) in [6.45, 7) is 0. The van der Waals surface area contributed by atoms with Gasteiger partial charge in [0.15, 0.2) is 11.5 Å². The lowest BCUT2D eigenvalue weighted by Crippen LogP contribution is -2.15. The molecule has 0 amide bonds. The number of carbonyl (C=O) groups is 1. The number of hydrogen-bond donors (Lipinski definition) is 3. The van der Waals surface area contributed by atoms with Crippen LogP contribution in [0.3, 0.4) is 0 Å². The van der Waals surface area contributed by atoms with E-state index >= 15 is 0 Å². The number of thiol groups is 1. The number of phenolic OH excluding ortho intramolecular Hbond substituents is 1. The quantitative estimate of drug-likeness (QED) is 0.163. The molecule has 0 aromatic heterocycles. The van der Waals surface area contributed by atoms with E-state index in [1.807, 2.05) is 37.2 Å². The normalized spacial score (nSPS) is 11.5. The predicted octanol–water partition coefficient (Wildman–Crippen LogP) is 4.40. The van der Waals surface area contributed by atoms with Gasteiger partial charge >= 0.3 is 5.97 Å². The van der Waals surface area contributed by atoms with Gasteiger partial charge in [0.25, 0.3) is 10.0 Å². The zero-order chi connectivity index (χ0) is 23.8. The van der Waals surface area contributed by atoms with Gasteiger partial charge < -0.3 is 14.7 Å². The summed E-state index contributed by atoms with van der Waals surface area (Å²) < 4.78 is 34.8. The molecule has 0 fully saturated rings. The minimum atomic E-state index is -4.04. The maximum absolute atomic E-state index is 13.5. The molecule has 170 valence electrons. The van der Waals surface area contributed by atoms with Crippen LogP contribution in [0.2, 0.25) is 0 Å². The van der Waals surface area contributed by atoms with Gasteiger partial charge in [-0.25, -0.2) is 8.42 Å². The van der Waals surface area contributed by atoms with Gasteiger partial charge in [0.1, 0.15) is 0 Å². The molecule has 4 aromatic carbocycles. The van der Waals surface area contributed by atoms with E-state index in [0.717, 1.165) is 11.1 Å². The van der Waals surface area contributed by atoms with Gasteiger partial charge in [0, 0.05) is 47.4 Å². The third kappa shape index (κ3) is 4.29. The molecule has 0 aliphatic rings. The Morgan fingerprint density at radius 2 is 1.61 bits per heavy atom. The van der Waals surface area contributed by atoms with Crippen LogP contribution >= 0.6 is 12.6 Å². The number of benzene rings is 4. The maximum Gasteiger partial charge on any atom is 0.321 e. The van der Waals surface area contributed by atoms with Crippen molar-refractivity contribution in [2.75, 3.05) is 29.5 Å². The number of rotatable bonds is 6. The fourth-order valence-corrected chi connectivity index (χ4v) is 5.10. The first-order valence-electron chi connectivity index (χ1n) is 10.0. The Kier molecular flexibility index (Phi) is 6.09. The van der Waals surface area contributed by atoms with E-state index in [9.17, 15) is 18.3 Å². The summed E-state index contributed by atoms with van der Waals surface area (Å²) >= 11 is 3.88. The number of phenols is 1. The van der Waals surface area contributed by atoms with Crippen molar-refractivity contribution in [3.63, 3.8) is 0 Å². The molecule has 0 bridgehead atoms. The van der Waals surface area contributed by atoms with Gasteiger partial charge in [0.05, 0.1) is 16.3 Å². The minimum Gasteiger partial charge on any atom is -0.504 e. The van der Waals surface area contributed by atoms with Crippen molar-refractivity contribution in [1.82, 2.24) is 0 Å². The van der Waals surface area contributed by atoms with E-state index in [-0.39, 0.29) is 27.8 Å². The Bertz CT molecular complexity index is 1480. The predicted molar refractivity (Wildman–Crippen MR) is 134 cm³/mol. The zero-order valence-corrected chi connectivity index (χ0v) is 19.7. The first-order valence-corrected chi connectivity index (χ1v) is 12.1. The highest BCUT2D eigenvalue weighted by atomic mass is 32.2. The van der Waals surface area contributed by atoms with Crippen LogP contribution in [0.15, 0.2) is 71.6 Å². The van der Waals surface area contributed by atoms with Crippen LogP contribution in [-0.4, -0.2) is 39.3 Å². The van der Waals surface area contributed by atoms with Gasteiger partial charge in [-0.2, -0.15) is 12.6 Å². The second-order valence-electron chi connectivity index (χ2n) is 7.58. The van der Waals surface area contributed by atoms with E-state index in [1.165, 1.54) is 12.1 Å². The van der Waals surface area contributed by atoms with E-state index in [4.69, 9.17) is 4.74 Å². The number of anilines is 2. The van der Waals surface area contributed by atoms with Crippen LogP contribution in [0.5, 0.6) is 11.5 Å². The van der Waals surface area contributed by atoms with E-state index in [0.29, 0.717) is 16.2 Å². The smallest absolute Gasteiger partial charge is 0.321 e. The van der Waals surface area contributed by atoms with Crippen molar-refractivity contribution in [1.29, 1.82) is 0 Å². The van der Waals surface area contributed by atoms with Crippen molar-refractivity contribution in [3.8, 4) is 11.5 Å². The molecule has 0 atom stereocenters. The summed E-state index contributed by atoms with van der Waals surface area (Å²) in [5.41, 5.74) is 1.06. The van der Waals surface area contributed by atoms with Crippen molar-refractivity contribution < 1.29 is 23.1 Å². The van der Waals surface area contributed by atoms with Crippen LogP contribution in [0, 0.1) is 0 Å². The van der Waals surface area contributed by atoms with Crippen LogP contribution in [-0.2, 0) is 14.8 Å². The highest BCUT2D eigenvalue weighted by molar-refractivity contribution is 7.93. The molecule has 4 rings (SSSR count). The molecule has 33 heavy (non-hydrogen) atoms. The van der Waals surface area contributed by atoms with Crippen molar-refractivity contribution >= 4 is 61.5 Å². The monoisotopic (exact) mass is 482 g/mol. The lowest BCUT2D eigenvalue weighted by Gasteiger charge is -2.18. The van der Waals surface area contributed by atoms with E-state index in [2.05, 4.69) is 17.4 Å². The lowest BCUT2D eigenvalue weighted by molar-refractivity contribution is -0.131. The number of hydrogen-bond acceptors (Lipinski definition) is 7. The lowest BCUT2D eigenvalue weighted by atomic mass is 10.1. The van der Waals surface area contributed by atoms with Crippen LogP contribution in [0.4, 0.5) is 11.4 Å². The Hall–Kier alpha value is -3.43. The highest BCUT2D eigenvalue weighted by Crippen LogP contribution is 2.41. The van der Waals surface area contributed by atoms with E-state index < -0.39 is 16.0 Å². The summed E-state index contributed by atoms with van der Waals surface area (Å²) in [4.78, 5) is 13.8. The van der Waals surface area contributed by atoms with Crippen LogP contribution < -0.4 is 14.4 Å². The highest BCUT2D eigenvalue weighted by Gasteiger charge is 2.22. The molecular formula is C24H22N2O5S2. The largest absolute Gasteiger partial charge is 0.504 e. The molecule has 2 N–H and O–H groups in total. The van der Waals surface area contributed by atoms with Crippen molar-refractivity contribution in [2.24, 2.45) is 0 Å². The Morgan fingerprint density at radius 1 is 0.970 bits per heavy atom. The summed E-state index contributed by atoms with van der Waals surface area (Å²) in [5, 5.41) is 12.7. The fraction of sp³-hybridized carbons (Fsp3) is 0.125. The van der Waals surface area contributed by atoms with Crippen molar-refractivity contribution in [3.05, 3.63) is 66.7 Å². The molecule has 0 heterocycles. The summed E-state index contributed by atoms with van der Waals surface area (Å²) in [6, 6.07) is 18.6.